The number of aromatic nitrogens is 1. The van der Waals surface area contributed by atoms with Crippen molar-refractivity contribution in [2.24, 2.45) is 0 Å². The molecular formula is C27H27F2NO2. The monoisotopic (exact) mass is 435 g/mol. The lowest BCUT2D eigenvalue weighted by Crippen LogP contribution is -1.99. The third-order valence-corrected chi connectivity index (χ3v) is 5.00. The number of benzene rings is 2. The summed E-state index contributed by atoms with van der Waals surface area (Å²) < 4.78 is 33.9. The number of halogens is 2. The Hall–Kier alpha value is -3.31. The molecule has 2 aromatic carbocycles. The van der Waals surface area contributed by atoms with E-state index in [0.29, 0.717) is 5.56 Å². The van der Waals surface area contributed by atoms with Gasteiger partial charge in [0, 0.05) is 17.3 Å². The molecule has 166 valence electrons. The zero-order valence-electron chi connectivity index (χ0n) is 18.1. The number of hydrogen-bond donors (Lipinski definition) is 1. The molecule has 0 bridgehead atoms. The van der Waals surface area contributed by atoms with E-state index in [1.807, 2.05) is 30.3 Å². The molecule has 0 radical (unpaired) electrons. The third-order valence-electron chi connectivity index (χ3n) is 5.00. The topological polar surface area (TPSA) is 42.4 Å². The quantitative estimate of drug-likeness (QED) is 0.281. The van der Waals surface area contributed by atoms with E-state index in [0.717, 1.165) is 36.1 Å². The highest BCUT2D eigenvalue weighted by atomic mass is 19.2. The zero-order valence-corrected chi connectivity index (χ0v) is 18.1. The minimum absolute atomic E-state index is 0.107. The van der Waals surface area contributed by atoms with Crippen molar-refractivity contribution in [3.8, 4) is 28.0 Å². The maximum atomic E-state index is 14.5. The summed E-state index contributed by atoms with van der Waals surface area (Å²) >= 11 is 0. The molecule has 32 heavy (non-hydrogen) atoms. The first-order valence-corrected chi connectivity index (χ1v) is 10.6. The van der Waals surface area contributed by atoms with Crippen LogP contribution in [0.25, 0.3) is 28.3 Å². The first-order valence-electron chi connectivity index (χ1n) is 10.6. The molecule has 1 atom stereocenters. The molecule has 1 aromatic heterocycles. The van der Waals surface area contributed by atoms with Crippen molar-refractivity contribution in [3.63, 3.8) is 0 Å². The van der Waals surface area contributed by atoms with Crippen molar-refractivity contribution >= 4 is 6.08 Å². The molecule has 0 fully saturated rings. The van der Waals surface area contributed by atoms with Crippen LogP contribution in [-0.4, -0.2) is 22.8 Å². The average Bonchev–Trinajstić information content (AvgIpc) is 2.80. The first kappa shape index (κ1) is 23.4. The first-order chi connectivity index (χ1) is 15.5. The van der Waals surface area contributed by atoms with Crippen molar-refractivity contribution < 1.29 is 18.6 Å². The molecule has 3 rings (SSSR count). The standard InChI is InChI=1S/C27H27F2NO2/c1-3-17-32-25-16-15-24(26(28)27(25)29)21-11-9-20(10-12-21)22-13-14-23(30-18-22)8-6-4-5-7-19(2)31/h3,6,8-16,18-19,31H,1,4-5,7,17H2,2H3/b8-6+. The van der Waals surface area contributed by atoms with Crippen LogP contribution in [0.4, 0.5) is 8.78 Å². The fourth-order valence-electron chi connectivity index (χ4n) is 3.27. The van der Waals surface area contributed by atoms with E-state index < -0.39 is 11.6 Å². The molecule has 0 aliphatic carbocycles. The van der Waals surface area contributed by atoms with Gasteiger partial charge in [0.25, 0.3) is 0 Å². The smallest absolute Gasteiger partial charge is 0.201 e. The molecular weight excluding hydrogens is 408 g/mol. The van der Waals surface area contributed by atoms with Crippen molar-refractivity contribution in [1.82, 2.24) is 4.98 Å². The Morgan fingerprint density at radius 1 is 1.00 bits per heavy atom. The Morgan fingerprint density at radius 2 is 1.72 bits per heavy atom. The third kappa shape index (κ3) is 6.11. The van der Waals surface area contributed by atoms with Crippen molar-refractivity contribution in [3.05, 3.63) is 90.8 Å². The largest absolute Gasteiger partial charge is 0.486 e. The normalized spacial score (nSPS) is 12.1. The Kier molecular flexibility index (Phi) is 8.28. The maximum Gasteiger partial charge on any atom is 0.201 e. The van der Waals surface area contributed by atoms with Gasteiger partial charge >= 0.3 is 0 Å². The van der Waals surface area contributed by atoms with Crippen LogP contribution >= 0.6 is 0 Å². The van der Waals surface area contributed by atoms with E-state index in [4.69, 9.17) is 4.74 Å². The van der Waals surface area contributed by atoms with Gasteiger partial charge in [-0.15, -0.1) is 0 Å². The van der Waals surface area contributed by atoms with E-state index in [1.54, 1.807) is 25.3 Å². The van der Waals surface area contributed by atoms with Crippen molar-refractivity contribution in [2.75, 3.05) is 6.61 Å². The summed E-state index contributed by atoms with van der Waals surface area (Å²) in [7, 11) is 0. The SMILES string of the molecule is C=CCOc1ccc(-c2ccc(-c3ccc(/C=C/CCCC(C)O)nc3)cc2)c(F)c1F. The van der Waals surface area contributed by atoms with E-state index in [9.17, 15) is 13.9 Å². The summed E-state index contributed by atoms with van der Waals surface area (Å²) in [6, 6.07) is 14.1. The summed E-state index contributed by atoms with van der Waals surface area (Å²) in [5.41, 5.74) is 3.47. The molecule has 3 aromatic rings. The van der Waals surface area contributed by atoms with Gasteiger partial charge in [0.05, 0.1) is 11.8 Å². The van der Waals surface area contributed by atoms with Crippen LogP contribution in [0.15, 0.2) is 73.5 Å². The molecule has 5 heteroatoms. The molecule has 0 saturated heterocycles. The lowest BCUT2D eigenvalue weighted by Gasteiger charge is -2.10. The molecule has 1 heterocycles. The van der Waals surface area contributed by atoms with E-state index in [-0.39, 0.29) is 24.0 Å². The van der Waals surface area contributed by atoms with Crippen LogP contribution in [0.1, 0.15) is 31.9 Å². The van der Waals surface area contributed by atoms with Gasteiger partial charge in [-0.05, 0) is 61.6 Å². The van der Waals surface area contributed by atoms with Crippen LogP contribution < -0.4 is 4.74 Å². The highest BCUT2D eigenvalue weighted by Crippen LogP contribution is 2.31. The Bertz CT molecular complexity index is 1060. The molecule has 0 amide bonds. The molecule has 1 unspecified atom stereocenters. The molecule has 0 aliphatic heterocycles. The highest BCUT2D eigenvalue weighted by Gasteiger charge is 2.15. The van der Waals surface area contributed by atoms with Gasteiger partial charge in [0.1, 0.15) is 6.61 Å². The second kappa shape index (κ2) is 11.3. The fraction of sp³-hybridized carbons (Fsp3) is 0.222. The van der Waals surface area contributed by atoms with E-state index in [1.165, 1.54) is 18.2 Å². The molecule has 0 aliphatic rings. The van der Waals surface area contributed by atoms with E-state index >= 15 is 0 Å². The van der Waals surface area contributed by atoms with Crippen LogP contribution in [0.3, 0.4) is 0 Å². The van der Waals surface area contributed by atoms with Gasteiger partial charge in [-0.3, -0.25) is 4.98 Å². The van der Waals surface area contributed by atoms with Crippen LogP contribution in [-0.2, 0) is 0 Å². The lowest BCUT2D eigenvalue weighted by atomic mass is 10.0. The summed E-state index contributed by atoms with van der Waals surface area (Å²) in [6.07, 6.45) is 9.64. The highest BCUT2D eigenvalue weighted by molar-refractivity contribution is 5.71. The predicted molar refractivity (Wildman–Crippen MR) is 125 cm³/mol. The number of pyridine rings is 1. The van der Waals surface area contributed by atoms with Gasteiger partial charge < -0.3 is 9.84 Å². The van der Waals surface area contributed by atoms with Gasteiger partial charge in [0.2, 0.25) is 5.82 Å². The van der Waals surface area contributed by atoms with Crippen LogP contribution in [0.5, 0.6) is 5.75 Å². The predicted octanol–water partition coefficient (Wildman–Crippen LogP) is 6.82. The van der Waals surface area contributed by atoms with Gasteiger partial charge in [-0.1, -0.05) is 49.1 Å². The molecule has 1 N–H and O–H groups in total. The van der Waals surface area contributed by atoms with Crippen molar-refractivity contribution in [1.29, 1.82) is 0 Å². The summed E-state index contributed by atoms with van der Waals surface area (Å²) in [4.78, 5) is 4.46. The minimum Gasteiger partial charge on any atom is -0.486 e. The molecule has 0 spiro atoms. The number of unbranched alkanes of at least 4 members (excludes halogenated alkanes) is 1. The van der Waals surface area contributed by atoms with Crippen LogP contribution in [0, 0.1) is 11.6 Å². The number of hydrogen-bond acceptors (Lipinski definition) is 3. The average molecular weight is 436 g/mol. The zero-order chi connectivity index (χ0) is 22.9. The second-order valence-electron chi connectivity index (χ2n) is 7.57. The van der Waals surface area contributed by atoms with E-state index in [2.05, 4.69) is 17.6 Å². The van der Waals surface area contributed by atoms with Crippen molar-refractivity contribution in [2.45, 2.75) is 32.3 Å². The number of aliphatic hydroxyl groups excluding tert-OH is 1. The maximum absolute atomic E-state index is 14.5. The fourth-order valence-corrected chi connectivity index (χ4v) is 3.27. The summed E-state index contributed by atoms with van der Waals surface area (Å²) in [6.45, 7) is 5.40. The Labute approximate surface area is 187 Å². The molecule has 0 saturated carbocycles. The lowest BCUT2D eigenvalue weighted by molar-refractivity contribution is 0.182. The Balaban J connectivity index is 1.69. The molecule has 3 nitrogen and oxygen atoms in total. The van der Waals surface area contributed by atoms with Crippen LogP contribution in [0.2, 0.25) is 0 Å². The summed E-state index contributed by atoms with van der Waals surface area (Å²) in [5, 5.41) is 9.27. The number of allylic oxidation sites excluding steroid dienone is 1. The van der Waals surface area contributed by atoms with Gasteiger partial charge in [-0.25, -0.2) is 4.39 Å². The number of rotatable bonds is 10. The minimum atomic E-state index is -1.01. The number of nitrogens with zero attached hydrogens (tertiary/aromatic N) is 1. The van der Waals surface area contributed by atoms with Gasteiger partial charge in [0.15, 0.2) is 11.6 Å². The second-order valence-corrected chi connectivity index (χ2v) is 7.57. The Morgan fingerprint density at radius 3 is 2.38 bits per heavy atom. The number of aliphatic hydroxyl groups is 1. The van der Waals surface area contributed by atoms with Gasteiger partial charge in [-0.2, -0.15) is 4.39 Å². The summed E-state index contributed by atoms with van der Waals surface area (Å²) in [5.74, 6) is -2.08. The number of ether oxygens (including phenoxy) is 1.